The maximum absolute atomic E-state index is 14.7. The molecule has 0 radical (unpaired) electrons. The van der Waals surface area contributed by atoms with Gasteiger partial charge in [-0.15, -0.1) is 0 Å². The van der Waals surface area contributed by atoms with Crippen molar-refractivity contribution in [3.63, 3.8) is 0 Å². The molecule has 9 nitrogen and oxygen atoms in total. The first-order chi connectivity index (χ1) is 22.9. The van der Waals surface area contributed by atoms with Crippen molar-refractivity contribution in [2.75, 3.05) is 31.6 Å². The Balaban J connectivity index is 1.88. The first-order valence-electron chi connectivity index (χ1n) is 15.3. The summed E-state index contributed by atoms with van der Waals surface area (Å²) in [7, 11) is -1.52. The highest BCUT2D eigenvalue weighted by molar-refractivity contribution is 7.92. The van der Waals surface area contributed by atoms with Gasteiger partial charge in [-0.2, -0.15) is 0 Å². The van der Waals surface area contributed by atoms with Crippen LogP contribution in [-0.2, 0) is 32.6 Å². The Bertz CT molecular complexity index is 1830. The molecule has 0 aliphatic carbocycles. The molecule has 0 fully saturated rings. The van der Waals surface area contributed by atoms with E-state index in [1.54, 1.807) is 37.3 Å². The number of nitrogens with zero attached hydrogens (tertiary/aromatic N) is 2. The summed E-state index contributed by atoms with van der Waals surface area (Å²) in [5.41, 5.74) is 3.12. The van der Waals surface area contributed by atoms with E-state index in [0.717, 1.165) is 21.0 Å². The first kappa shape index (κ1) is 36.6. The van der Waals surface area contributed by atoms with E-state index in [0.29, 0.717) is 27.9 Å². The van der Waals surface area contributed by atoms with Gasteiger partial charge in [0.2, 0.25) is 11.8 Å². The maximum atomic E-state index is 14.7. The largest absolute Gasteiger partial charge is 0.493 e. The zero-order chi connectivity index (χ0) is 35.0. The van der Waals surface area contributed by atoms with E-state index in [4.69, 9.17) is 32.7 Å². The number of benzene rings is 4. The number of anilines is 1. The zero-order valence-corrected chi connectivity index (χ0v) is 29.8. The minimum absolute atomic E-state index is 0.114. The number of likely N-dealkylation sites (N-methyl/N-ethyl adjacent to an activating group) is 1. The Morgan fingerprint density at radius 1 is 0.833 bits per heavy atom. The topological polar surface area (TPSA) is 105 Å². The number of hydrogen-bond donors (Lipinski definition) is 1. The molecule has 0 unspecified atom stereocenters. The number of rotatable bonds is 14. The summed E-state index contributed by atoms with van der Waals surface area (Å²) in [6, 6.07) is 22.7. The van der Waals surface area contributed by atoms with Crippen LogP contribution in [-0.4, -0.2) is 58.5 Å². The third-order valence-corrected chi connectivity index (χ3v) is 10.2. The lowest BCUT2D eigenvalue weighted by Crippen LogP contribution is -2.53. The molecular weight excluding hydrogens is 673 g/mol. The molecule has 4 aromatic rings. The fourth-order valence-corrected chi connectivity index (χ4v) is 7.36. The molecule has 0 aliphatic heterocycles. The number of methoxy groups -OCH3 is 2. The van der Waals surface area contributed by atoms with Crippen molar-refractivity contribution in [1.29, 1.82) is 0 Å². The third kappa shape index (κ3) is 8.61. The number of carbonyl (C=O) groups excluding carboxylic acids is 2. The van der Waals surface area contributed by atoms with E-state index in [9.17, 15) is 18.0 Å². The SMILES string of the molecule is CCNC(=O)[C@@H](Cc1ccccc1)N(Cc1c(Cl)cccc1Cl)C(=O)CN(c1cc(C)cc(C)c1)S(=O)(=O)c1ccc(OC)c(OC)c1. The molecule has 254 valence electrons. The van der Waals surface area contributed by atoms with Crippen LogP contribution in [0.4, 0.5) is 5.69 Å². The standard InChI is InChI=1S/C36H39Cl2N3O6S/c1-6-39-36(43)32(20-26-11-8-7-9-12-26)40(22-29-30(37)13-10-14-31(29)38)35(42)23-41(27-18-24(2)17-25(3)19-27)48(44,45)28-15-16-33(46-4)34(21-28)47-5/h7-19,21,32H,6,20,22-23H2,1-5H3,(H,39,43)/t32-/m1/s1. The van der Waals surface area contributed by atoms with Gasteiger partial charge >= 0.3 is 0 Å². The lowest BCUT2D eigenvalue weighted by molar-refractivity contribution is -0.140. The first-order valence-corrected chi connectivity index (χ1v) is 17.5. The predicted octanol–water partition coefficient (Wildman–Crippen LogP) is 6.60. The minimum Gasteiger partial charge on any atom is -0.493 e. The van der Waals surface area contributed by atoms with Gasteiger partial charge in [-0.05, 0) is 73.9 Å². The average molecular weight is 713 g/mol. The van der Waals surface area contributed by atoms with Gasteiger partial charge in [-0.1, -0.05) is 65.7 Å². The van der Waals surface area contributed by atoms with Gasteiger partial charge < -0.3 is 19.7 Å². The van der Waals surface area contributed by atoms with Crippen LogP contribution >= 0.6 is 23.2 Å². The molecular formula is C36H39Cl2N3O6S. The molecule has 1 N–H and O–H groups in total. The molecule has 0 heterocycles. The van der Waals surface area contributed by atoms with Crippen LogP contribution in [0.25, 0.3) is 0 Å². The number of nitrogens with one attached hydrogen (secondary N) is 1. The van der Waals surface area contributed by atoms with Crippen LogP contribution in [0.2, 0.25) is 10.0 Å². The van der Waals surface area contributed by atoms with Gasteiger partial charge in [0.25, 0.3) is 10.0 Å². The summed E-state index contributed by atoms with van der Waals surface area (Å²) in [5.74, 6) is -0.488. The lowest BCUT2D eigenvalue weighted by atomic mass is 10.0. The van der Waals surface area contributed by atoms with Crippen LogP contribution in [0.5, 0.6) is 11.5 Å². The van der Waals surface area contributed by atoms with Crippen LogP contribution in [0.1, 0.15) is 29.2 Å². The van der Waals surface area contributed by atoms with Crippen molar-refractivity contribution < 1.29 is 27.5 Å². The molecule has 0 bridgehead atoms. The maximum Gasteiger partial charge on any atom is 0.264 e. The number of ether oxygens (including phenoxy) is 2. The molecule has 4 aromatic carbocycles. The lowest BCUT2D eigenvalue weighted by Gasteiger charge is -2.34. The minimum atomic E-state index is -4.38. The summed E-state index contributed by atoms with van der Waals surface area (Å²) >= 11 is 13.1. The van der Waals surface area contributed by atoms with Gasteiger partial charge in [-0.25, -0.2) is 8.42 Å². The van der Waals surface area contributed by atoms with E-state index in [1.165, 1.54) is 37.3 Å². The number of aryl methyl sites for hydroxylation is 2. The average Bonchev–Trinajstić information content (AvgIpc) is 3.05. The van der Waals surface area contributed by atoms with Gasteiger partial charge in [0.15, 0.2) is 11.5 Å². The normalized spacial score (nSPS) is 11.8. The molecule has 12 heteroatoms. The van der Waals surface area contributed by atoms with Crippen molar-refractivity contribution in [2.24, 2.45) is 0 Å². The number of carbonyl (C=O) groups is 2. The van der Waals surface area contributed by atoms with Crippen molar-refractivity contribution in [2.45, 2.75) is 44.7 Å². The van der Waals surface area contributed by atoms with Crippen molar-refractivity contribution in [3.8, 4) is 11.5 Å². The van der Waals surface area contributed by atoms with Gasteiger partial charge in [0, 0.05) is 41.2 Å². The summed E-state index contributed by atoms with van der Waals surface area (Å²) < 4.78 is 40.7. The zero-order valence-electron chi connectivity index (χ0n) is 27.5. The molecule has 48 heavy (non-hydrogen) atoms. The number of hydrogen-bond acceptors (Lipinski definition) is 6. The Kier molecular flexibility index (Phi) is 12.4. The summed E-state index contributed by atoms with van der Waals surface area (Å²) in [4.78, 5) is 29.6. The predicted molar refractivity (Wildman–Crippen MR) is 190 cm³/mol. The van der Waals surface area contributed by atoms with Crippen molar-refractivity contribution in [1.82, 2.24) is 10.2 Å². The molecule has 0 saturated carbocycles. The summed E-state index contributed by atoms with van der Waals surface area (Å²) in [6.45, 7) is 5.01. The van der Waals surface area contributed by atoms with Gasteiger partial charge in [-0.3, -0.25) is 13.9 Å². The Morgan fingerprint density at radius 3 is 2.04 bits per heavy atom. The van der Waals surface area contributed by atoms with E-state index < -0.39 is 34.4 Å². The second-order valence-corrected chi connectivity index (χ2v) is 13.9. The summed E-state index contributed by atoms with van der Waals surface area (Å²) in [5, 5.41) is 3.45. The van der Waals surface area contributed by atoms with Crippen molar-refractivity contribution in [3.05, 3.63) is 117 Å². The van der Waals surface area contributed by atoms with E-state index in [2.05, 4.69) is 5.32 Å². The highest BCUT2D eigenvalue weighted by atomic mass is 35.5. The monoisotopic (exact) mass is 711 g/mol. The Labute approximate surface area is 292 Å². The smallest absolute Gasteiger partial charge is 0.264 e. The van der Waals surface area contributed by atoms with E-state index in [1.807, 2.05) is 50.2 Å². The molecule has 0 saturated heterocycles. The quantitative estimate of drug-likeness (QED) is 0.158. The van der Waals surface area contributed by atoms with Crippen LogP contribution in [0.15, 0.2) is 89.8 Å². The van der Waals surface area contributed by atoms with Crippen LogP contribution < -0.4 is 19.1 Å². The number of halogens is 2. The highest BCUT2D eigenvalue weighted by Crippen LogP contribution is 2.33. The molecule has 1 atom stereocenters. The second-order valence-electron chi connectivity index (χ2n) is 11.2. The highest BCUT2D eigenvalue weighted by Gasteiger charge is 2.35. The second kappa shape index (κ2) is 16.2. The molecule has 0 aromatic heterocycles. The third-order valence-electron chi connectivity index (χ3n) is 7.73. The summed E-state index contributed by atoms with van der Waals surface area (Å²) in [6.07, 6.45) is 0.159. The Hall–Kier alpha value is -4.25. The van der Waals surface area contributed by atoms with Crippen LogP contribution in [0, 0.1) is 13.8 Å². The van der Waals surface area contributed by atoms with Crippen molar-refractivity contribution >= 4 is 50.7 Å². The fourth-order valence-electron chi connectivity index (χ4n) is 5.43. The molecule has 0 spiro atoms. The number of sulfonamides is 1. The molecule has 0 aliphatic rings. The van der Waals surface area contributed by atoms with E-state index in [-0.39, 0.29) is 29.3 Å². The van der Waals surface area contributed by atoms with Crippen LogP contribution in [0.3, 0.4) is 0 Å². The fraction of sp³-hybridized carbons (Fsp3) is 0.278. The van der Waals surface area contributed by atoms with Gasteiger partial charge in [0.1, 0.15) is 12.6 Å². The van der Waals surface area contributed by atoms with Gasteiger partial charge in [0.05, 0.1) is 24.8 Å². The number of amides is 2. The molecule has 2 amide bonds. The van der Waals surface area contributed by atoms with E-state index >= 15 is 0 Å². The molecule has 4 rings (SSSR count). The Morgan fingerprint density at radius 2 is 1.46 bits per heavy atom.